The molecule has 5 heterocycles. The highest BCUT2D eigenvalue weighted by Gasteiger charge is 2.40. The van der Waals surface area contributed by atoms with E-state index in [1.807, 2.05) is 66.7 Å². The second-order valence-electron chi connectivity index (χ2n) is 18.2. The fourth-order valence-electron chi connectivity index (χ4n) is 8.55. The number of ether oxygens (including phenoxy) is 1. The van der Waals surface area contributed by atoms with Crippen molar-refractivity contribution in [1.29, 1.82) is 0 Å². The van der Waals surface area contributed by atoms with Crippen LogP contribution in [0.3, 0.4) is 0 Å². The number of carbonyl (C=O) groups is 1. The number of nitrogens with zero attached hydrogens (tertiary/aromatic N) is 2. The van der Waals surface area contributed by atoms with E-state index in [1.165, 1.54) is 6.07 Å². The number of phenolic OH excluding ortho intramolecular Hbond substituents is 1. The zero-order valence-corrected chi connectivity index (χ0v) is 36.8. The van der Waals surface area contributed by atoms with Gasteiger partial charge in [0.15, 0.2) is 13.9 Å². The highest BCUT2D eigenvalue weighted by atomic mass is 28.4. The van der Waals surface area contributed by atoms with Crippen molar-refractivity contribution in [2.75, 3.05) is 31.5 Å². The van der Waals surface area contributed by atoms with Crippen LogP contribution in [0.15, 0.2) is 105 Å². The maximum absolute atomic E-state index is 13.3. The molecule has 0 spiro atoms. The lowest BCUT2D eigenvalue weighted by Gasteiger charge is -2.43. The first kappa shape index (κ1) is 42.2. The smallest absolute Gasteiger partial charge is 0.419 e. The summed E-state index contributed by atoms with van der Waals surface area (Å²) in [4.78, 5) is 43.8. The molecular weight excluding hydrogens is 787 g/mol. The SMILES string of the molecule is CC(C)(C)[Si](C)(C)O[C@@H](CNCc1ccc2oc(=O)n(CCCc3ccc(-c4ccccc4)c(NC(=O)O[C@@H]4CN5CCC4CC5)c3)c2c1)c1ccc(O)c2[nH]c(=O)ccc12. The minimum absolute atomic E-state index is 0.00863. The van der Waals surface area contributed by atoms with Crippen LogP contribution in [0.25, 0.3) is 33.1 Å². The Balaban J connectivity index is 0.957. The van der Waals surface area contributed by atoms with Gasteiger partial charge in [0.1, 0.15) is 11.9 Å². The van der Waals surface area contributed by atoms with Crippen LogP contribution in [-0.2, 0) is 28.7 Å². The topological polar surface area (TPSA) is 151 Å². The zero-order valence-electron chi connectivity index (χ0n) is 35.8. The summed E-state index contributed by atoms with van der Waals surface area (Å²) in [5.74, 6) is 0.0176. The molecule has 0 unspecified atom stereocenters. The maximum atomic E-state index is 13.3. The second kappa shape index (κ2) is 17.5. The maximum Gasteiger partial charge on any atom is 0.419 e. The third-order valence-corrected chi connectivity index (χ3v) is 17.5. The van der Waals surface area contributed by atoms with Crippen LogP contribution in [0, 0.1) is 5.92 Å². The Hall–Kier alpha value is -5.47. The zero-order chi connectivity index (χ0) is 42.9. The first-order valence-electron chi connectivity index (χ1n) is 21.5. The minimum Gasteiger partial charge on any atom is -0.506 e. The molecule has 3 fully saturated rings. The van der Waals surface area contributed by atoms with E-state index in [9.17, 15) is 19.5 Å². The van der Waals surface area contributed by atoms with Gasteiger partial charge in [0.25, 0.3) is 0 Å². The largest absolute Gasteiger partial charge is 0.506 e. The fraction of sp³-hybridized carbons (Fsp3) is 0.396. The van der Waals surface area contributed by atoms with Crippen molar-refractivity contribution < 1.29 is 23.5 Å². The number of H-pyrrole nitrogens is 1. The summed E-state index contributed by atoms with van der Waals surface area (Å²) < 4.78 is 20.3. The average molecular weight is 844 g/mol. The van der Waals surface area contributed by atoms with E-state index in [4.69, 9.17) is 13.6 Å². The molecule has 0 aliphatic carbocycles. The molecule has 2 aromatic heterocycles. The van der Waals surface area contributed by atoms with Crippen LogP contribution in [0.2, 0.25) is 18.1 Å². The Morgan fingerprint density at radius 1 is 0.967 bits per heavy atom. The van der Waals surface area contributed by atoms with E-state index < -0.39 is 20.2 Å². The number of rotatable bonds is 14. The summed E-state index contributed by atoms with van der Waals surface area (Å²) in [5.41, 5.74) is 6.85. The molecule has 4 N–H and O–H groups in total. The minimum atomic E-state index is -2.26. The van der Waals surface area contributed by atoms with Crippen molar-refractivity contribution in [1.82, 2.24) is 19.8 Å². The monoisotopic (exact) mass is 843 g/mol. The van der Waals surface area contributed by atoms with Gasteiger partial charge in [0.05, 0.1) is 22.8 Å². The number of anilines is 1. The molecule has 3 saturated heterocycles. The lowest BCUT2D eigenvalue weighted by Crippen LogP contribution is -2.52. The van der Waals surface area contributed by atoms with E-state index in [0.717, 1.165) is 71.2 Å². The Bertz CT molecular complexity index is 2640. The first-order valence-corrected chi connectivity index (χ1v) is 24.4. The van der Waals surface area contributed by atoms with Crippen molar-refractivity contribution in [2.24, 2.45) is 5.92 Å². The summed E-state index contributed by atoms with van der Waals surface area (Å²) in [6, 6.07) is 28.6. The van der Waals surface area contributed by atoms with Gasteiger partial charge in [-0.1, -0.05) is 75.4 Å². The fourth-order valence-corrected chi connectivity index (χ4v) is 9.82. The van der Waals surface area contributed by atoms with Gasteiger partial charge in [-0.25, -0.2) is 9.59 Å². The standard InChI is InChI=1S/C48H57N5O7Si/c1-48(2,3)61(4,5)60-42(36-16-18-40(54)45-37(36)17-20-44(55)51-45)29-49-28-32-14-19-41-39(27-32)53(47(57)59-41)23-9-10-31-13-15-35(33-11-7-6-8-12-33)38(26-31)50-46(56)58-43-30-52-24-21-34(43)22-25-52/h6-8,11-20,26-27,34,42-43,49,54H,9-10,21-25,28-30H2,1-5H3,(H,50,56)(H,51,55)/t42-,43+/m0/s1. The molecule has 1 amide bonds. The van der Waals surface area contributed by atoms with Gasteiger partial charge in [-0.15, -0.1) is 0 Å². The summed E-state index contributed by atoms with van der Waals surface area (Å²) in [7, 11) is -2.26. The predicted octanol–water partition coefficient (Wildman–Crippen LogP) is 8.94. The number of amides is 1. The van der Waals surface area contributed by atoms with Crippen molar-refractivity contribution in [3.8, 4) is 16.9 Å². The van der Waals surface area contributed by atoms with Crippen LogP contribution in [-0.4, -0.2) is 66.3 Å². The Labute approximate surface area is 357 Å². The van der Waals surface area contributed by atoms with Crippen LogP contribution in [0.5, 0.6) is 5.75 Å². The number of aromatic nitrogens is 2. The molecule has 3 aliphatic rings. The Morgan fingerprint density at radius 3 is 2.48 bits per heavy atom. The normalized spacial score (nSPS) is 18.4. The van der Waals surface area contributed by atoms with E-state index in [2.05, 4.69) is 60.4 Å². The molecule has 3 aliphatic heterocycles. The highest BCUT2D eigenvalue weighted by Crippen LogP contribution is 2.41. The first-order chi connectivity index (χ1) is 29.2. The van der Waals surface area contributed by atoms with Gasteiger partial charge in [-0.2, -0.15) is 0 Å². The summed E-state index contributed by atoms with van der Waals surface area (Å²) in [5, 5.41) is 17.9. The number of nitrogens with one attached hydrogen (secondary N) is 3. The number of aromatic amines is 1. The molecule has 13 heteroatoms. The molecule has 9 rings (SSSR count). The van der Waals surface area contributed by atoms with E-state index in [1.54, 1.807) is 16.7 Å². The Morgan fingerprint density at radius 2 is 1.74 bits per heavy atom. The molecule has 0 saturated carbocycles. The summed E-state index contributed by atoms with van der Waals surface area (Å²) in [6.07, 6.45) is 2.59. The lowest BCUT2D eigenvalue weighted by atomic mass is 9.86. The van der Waals surface area contributed by atoms with Gasteiger partial charge in [0.2, 0.25) is 5.56 Å². The van der Waals surface area contributed by atoms with Crippen molar-refractivity contribution in [3.05, 3.63) is 129 Å². The molecule has 320 valence electrons. The number of oxazole rings is 1. The van der Waals surface area contributed by atoms with Gasteiger partial charge in [0, 0.05) is 43.2 Å². The number of benzene rings is 4. The lowest BCUT2D eigenvalue weighted by molar-refractivity contribution is -0.0289. The van der Waals surface area contributed by atoms with Gasteiger partial charge in [-0.3, -0.25) is 19.6 Å². The average Bonchev–Trinajstić information content (AvgIpc) is 3.54. The molecular formula is C48H57N5O7Si. The molecule has 12 nitrogen and oxygen atoms in total. The van der Waals surface area contributed by atoms with Gasteiger partial charge >= 0.3 is 11.8 Å². The summed E-state index contributed by atoms with van der Waals surface area (Å²) >= 11 is 0. The summed E-state index contributed by atoms with van der Waals surface area (Å²) in [6.45, 7) is 15.4. The van der Waals surface area contributed by atoms with E-state index in [0.29, 0.717) is 55.2 Å². The number of carbonyl (C=O) groups excluding carboxylic acids is 1. The molecule has 2 atom stereocenters. The van der Waals surface area contributed by atoms with Crippen LogP contribution in [0.4, 0.5) is 10.5 Å². The second-order valence-corrected chi connectivity index (χ2v) is 22.9. The third kappa shape index (κ3) is 9.40. The van der Waals surface area contributed by atoms with E-state index >= 15 is 0 Å². The quantitative estimate of drug-likeness (QED) is 0.0789. The molecule has 61 heavy (non-hydrogen) atoms. The van der Waals surface area contributed by atoms with E-state index in [-0.39, 0.29) is 28.6 Å². The van der Waals surface area contributed by atoms with Crippen LogP contribution < -0.4 is 21.9 Å². The number of piperidine rings is 3. The number of phenols is 1. The van der Waals surface area contributed by atoms with Gasteiger partial charge < -0.3 is 29.0 Å². The van der Waals surface area contributed by atoms with Crippen molar-refractivity contribution in [2.45, 2.75) is 89.9 Å². The highest BCUT2D eigenvalue weighted by molar-refractivity contribution is 6.74. The number of hydrogen-bond donors (Lipinski definition) is 4. The van der Waals surface area contributed by atoms with Crippen molar-refractivity contribution >= 4 is 42.1 Å². The number of pyridine rings is 1. The molecule has 2 bridgehead atoms. The molecule has 0 radical (unpaired) electrons. The number of fused-ring (bicyclic) bond motifs is 5. The third-order valence-electron chi connectivity index (χ3n) is 13.0. The van der Waals surface area contributed by atoms with Crippen molar-refractivity contribution in [3.63, 3.8) is 0 Å². The van der Waals surface area contributed by atoms with Crippen LogP contribution in [0.1, 0.15) is 62.8 Å². The number of hydrogen-bond acceptors (Lipinski definition) is 9. The van der Waals surface area contributed by atoms with Crippen LogP contribution >= 0.6 is 0 Å². The predicted molar refractivity (Wildman–Crippen MR) is 243 cm³/mol. The number of aryl methyl sites for hydroxylation is 2. The Kier molecular flexibility index (Phi) is 12.1. The number of aromatic hydroxyl groups is 1. The molecule has 4 aromatic carbocycles. The van der Waals surface area contributed by atoms with Gasteiger partial charge in [-0.05, 0) is 115 Å². The molecule has 6 aromatic rings.